The molecule has 0 aliphatic heterocycles. The SMILES string of the molecule is NCCNCC(O)c1cc(-c2ccc(C(F)(F)F)cc2)nc(C(F)(F)F)c1. The zero-order chi connectivity index (χ0) is 20.2. The van der Waals surface area contributed by atoms with E-state index in [4.69, 9.17) is 5.73 Å². The van der Waals surface area contributed by atoms with Crippen molar-refractivity contribution in [1.82, 2.24) is 10.3 Å². The van der Waals surface area contributed by atoms with Crippen LogP contribution in [-0.4, -0.2) is 29.7 Å². The summed E-state index contributed by atoms with van der Waals surface area (Å²) >= 11 is 0. The lowest BCUT2D eigenvalue weighted by Crippen LogP contribution is -2.27. The van der Waals surface area contributed by atoms with Crippen LogP contribution >= 0.6 is 0 Å². The summed E-state index contributed by atoms with van der Waals surface area (Å²) in [6.45, 7) is 0.610. The molecule has 4 nitrogen and oxygen atoms in total. The van der Waals surface area contributed by atoms with Crippen LogP contribution < -0.4 is 11.1 Å². The number of hydrogen-bond donors (Lipinski definition) is 3. The van der Waals surface area contributed by atoms with Gasteiger partial charge >= 0.3 is 12.4 Å². The number of hydrogen-bond acceptors (Lipinski definition) is 4. The van der Waals surface area contributed by atoms with E-state index < -0.39 is 29.7 Å². The maximum Gasteiger partial charge on any atom is 0.433 e. The maximum absolute atomic E-state index is 13.1. The summed E-state index contributed by atoms with van der Waals surface area (Å²) in [7, 11) is 0. The molecule has 1 unspecified atom stereocenters. The number of aromatic nitrogens is 1. The third kappa shape index (κ3) is 5.65. The second-order valence-electron chi connectivity index (χ2n) is 5.75. The van der Waals surface area contributed by atoms with E-state index in [1.165, 1.54) is 6.07 Å². The molecule has 0 spiro atoms. The third-order valence-corrected chi connectivity index (χ3v) is 3.69. The summed E-state index contributed by atoms with van der Waals surface area (Å²) in [5, 5.41) is 12.9. The van der Waals surface area contributed by atoms with Crippen molar-refractivity contribution >= 4 is 0 Å². The van der Waals surface area contributed by atoms with Gasteiger partial charge in [0.25, 0.3) is 0 Å². The Morgan fingerprint density at radius 1 is 1.00 bits per heavy atom. The maximum atomic E-state index is 13.1. The van der Waals surface area contributed by atoms with E-state index in [1.54, 1.807) is 0 Å². The van der Waals surface area contributed by atoms with Gasteiger partial charge in [0.2, 0.25) is 0 Å². The minimum atomic E-state index is -4.78. The van der Waals surface area contributed by atoms with Gasteiger partial charge in [-0.25, -0.2) is 4.98 Å². The monoisotopic (exact) mass is 393 g/mol. The fourth-order valence-electron chi connectivity index (χ4n) is 2.33. The van der Waals surface area contributed by atoms with E-state index in [9.17, 15) is 31.4 Å². The van der Waals surface area contributed by atoms with Crippen molar-refractivity contribution in [2.24, 2.45) is 5.73 Å². The van der Waals surface area contributed by atoms with Gasteiger partial charge < -0.3 is 16.2 Å². The number of nitrogens with one attached hydrogen (secondary N) is 1. The Morgan fingerprint density at radius 3 is 2.15 bits per heavy atom. The molecule has 2 rings (SSSR count). The zero-order valence-electron chi connectivity index (χ0n) is 13.9. The number of benzene rings is 1. The first-order valence-electron chi connectivity index (χ1n) is 7.88. The lowest BCUT2D eigenvalue weighted by Gasteiger charge is -2.16. The number of pyridine rings is 1. The van der Waals surface area contributed by atoms with Gasteiger partial charge in [-0.05, 0) is 29.8 Å². The number of aliphatic hydroxyl groups is 1. The number of nitrogens with two attached hydrogens (primary N) is 1. The third-order valence-electron chi connectivity index (χ3n) is 3.69. The summed E-state index contributed by atoms with van der Waals surface area (Å²) < 4.78 is 77.3. The molecule has 4 N–H and O–H groups in total. The Morgan fingerprint density at radius 2 is 1.63 bits per heavy atom. The Balaban J connectivity index is 2.41. The molecule has 0 aliphatic carbocycles. The molecule has 0 bridgehead atoms. The minimum absolute atomic E-state index is 0.0367. The molecule has 1 aromatic carbocycles. The quantitative estimate of drug-likeness (QED) is 0.520. The van der Waals surface area contributed by atoms with Crippen molar-refractivity contribution < 1.29 is 31.4 Å². The van der Waals surface area contributed by atoms with E-state index >= 15 is 0 Å². The lowest BCUT2D eigenvalue weighted by molar-refractivity contribution is -0.141. The normalized spacial score (nSPS) is 13.6. The topological polar surface area (TPSA) is 71.2 Å². The summed E-state index contributed by atoms with van der Waals surface area (Å²) in [6, 6.07) is 5.52. The largest absolute Gasteiger partial charge is 0.433 e. The van der Waals surface area contributed by atoms with Crippen LogP contribution in [0.2, 0.25) is 0 Å². The van der Waals surface area contributed by atoms with Gasteiger partial charge in [-0.15, -0.1) is 0 Å². The van der Waals surface area contributed by atoms with Gasteiger partial charge in [0.15, 0.2) is 0 Å². The molecule has 0 amide bonds. The van der Waals surface area contributed by atoms with Crippen molar-refractivity contribution in [1.29, 1.82) is 0 Å². The summed E-state index contributed by atoms with van der Waals surface area (Å²) in [5.74, 6) is 0. The van der Waals surface area contributed by atoms with Gasteiger partial charge in [0.1, 0.15) is 5.69 Å². The number of nitrogens with zero attached hydrogens (tertiary/aromatic N) is 1. The predicted octanol–water partition coefficient (Wildman–Crippen LogP) is 3.37. The van der Waals surface area contributed by atoms with Gasteiger partial charge in [-0.2, -0.15) is 26.3 Å². The van der Waals surface area contributed by atoms with Gasteiger partial charge in [-0.1, -0.05) is 12.1 Å². The summed E-state index contributed by atoms with van der Waals surface area (Å²) in [5.41, 5.74) is 2.95. The highest BCUT2D eigenvalue weighted by molar-refractivity contribution is 5.61. The Labute approximate surface area is 151 Å². The van der Waals surface area contributed by atoms with Crippen LogP contribution in [-0.2, 0) is 12.4 Å². The second-order valence-corrected chi connectivity index (χ2v) is 5.75. The first kappa shape index (κ1) is 21.1. The van der Waals surface area contributed by atoms with Crippen molar-refractivity contribution in [2.45, 2.75) is 18.5 Å². The Kier molecular flexibility index (Phi) is 6.45. The van der Waals surface area contributed by atoms with E-state index in [-0.39, 0.29) is 29.9 Å². The predicted molar refractivity (Wildman–Crippen MR) is 86.6 cm³/mol. The highest BCUT2D eigenvalue weighted by Crippen LogP contribution is 2.34. The number of halogens is 6. The first-order chi connectivity index (χ1) is 12.5. The lowest BCUT2D eigenvalue weighted by atomic mass is 10.0. The molecule has 27 heavy (non-hydrogen) atoms. The van der Waals surface area contributed by atoms with E-state index in [0.29, 0.717) is 12.6 Å². The van der Waals surface area contributed by atoms with Crippen LogP contribution in [0.4, 0.5) is 26.3 Å². The number of aliphatic hydroxyl groups excluding tert-OH is 1. The van der Waals surface area contributed by atoms with Crippen LogP contribution in [0.1, 0.15) is 22.9 Å². The molecule has 2 aromatic rings. The highest BCUT2D eigenvalue weighted by Gasteiger charge is 2.34. The van der Waals surface area contributed by atoms with E-state index in [2.05, 4.69) is 10.3 Å². The molecule has 1 aromatic heterocycles. The number of rotatable bonds is 6. The molecule has 1 heterocycles. The first-order valence-corrected chi connectivity index (χ1v) is 7.88. The molecule has 148 valence electrons. The van der Waals surface area contributed by atoms with Crippen LogP contribution in [0.15, 0.2) is 36.4 Å². The molecular weight excluding hydrogens is 376 g/mol. The molecule has 0 radical (unpaired) electrons. The van der Waals surface area contributed by atoms with Crippen molar-refractivity contribution in [2.75, 3.05) is 19.6 Å². The van der Waals surface area contributed by atoms with Crippen molar-refractivity contribution in [3.63, 3.8) is 0 Å². The number of alkyl halides is 6. The molecule has 0 fully saturated rings. The molecule has 0 aliphatic rings. The molecule has 10 heteroatoms. The standard InChI is InChI=1S/C17H17F6N3O/c18-16(19,20)12-3-1-10(2-4-12)13-7-11(14(27)9-25-6-5-24)8-15(26-13)17(21,22)23/h1-4,7-8,14,25,27H,5-6,9,24H2. The molecular formula is C17H17F6N3O. The fourth-order valence-corrected chi connectivity index (χ4v) is 2.33. The average Bonchev–Trinajstić information content (AvgIpc) is 2.60. The average molecular weight is 393 g/mol. The van der Waals surface area contributed by atoms with Gasteiger partial charge in [0.05, 0.1) is 17.4 Å². The van der Waals surface area contributed by atoms with E-state index in [0.717, 1.165) is 24.3 Å². The highest BCUT2D eigenvalue weighted by atomic mass is 19.4. The van der Waals surface area contributed by atoms with Crippen LogP contribution in [0, 0.1) is 0 Å². The van der Waals surface area contributed by atoms with Crippen LogP contribution in [0.25, 0.3) is 11.3 Å². The second kappa shape index (κ2) is 8.24. The summed E-state index contributed by atoms with van der Waals surface area (Å²) in [6.07, 6.45) is -10.6. The summed E-state index contributed by atoms with van der Waals surface area (Å²) in [4.78, 5) is 3.49. The minimum Gasteiger partial charge on any atom is -0.387 e. The van der Waals surface area contributed by atoms with Crippen molar-refractivity contribution in [3.05, 3.63) is 53.2 Å². The Bertz CT molecular complexity index is 759. The van der Waals surface area contributed by atoms with Crippen LogP contribution in [0.3, 0.4) is 0 Å². The van der Waals surface area contributed by atoms with Crippen LogP contribution in [0.5, 0.6) is 0 Å². The Hall–Kier alpha value is -2.17. The fraction of sp³-hybridized carbons (Fsp3) is 0.353. The van der Waals surface area contributed by atoms with Crippen molar-refractivity contribution in [3.8, 4) is 11.3 Å². The molecule has 0 saturated heterocycles. The molecule has 1 atom stereocenters. The van der Waals surface area contributed by atoms with Gasteiger partial charge in [0, 0.05) is 25.2 Å². The zero-order valence-corrected chi connectivity index (χ0v) is 13.9. The van der Waals surface area contributed by atoms with E-state index in [1.807, 2.05) is 0 Å². The van der Waals surface area contributed by atoms with Gasteiger partial charge in [-0.3, -0.25) is 0 Å². The molecule has 0 saturated carbocycles. The smallest absolute Gasteiger partial charge is 0.387 e.